The smallest absolute Gasteiger partial charge is 0.343 e. The number of thiocarbonyl (C=S) groups is 1. The lowest BCUT2D eigenvalue weighted by Gasteiger charge is -2.06. The van der Waals surface area contributed by atoms with E-state index in [1.807, 2.05) is 0 Å². The molecule has 0 aliphatic rings. The molecule has 0 aromatic heterocycles. The largest absolute Gasteiger partial charge is 0.482 e. The molecule has 0 amide bonds. The summed E-state index contributed by atoms with van der Waals surface area (Å²) >= 11 is 4.53. The van der Waals surface area contributed by atoms with Gasteiger partial charge in [-0.2, -0.15) is 4.99 Å². The molecule has 6 heteroatoms. The van der Waals surface area contributed by atoms with Crippen LogP contribution in [0.3, 0.4) is 0 Å². The number of ketones is 1. The van der Waals surface area contributed by atoms with Gasteiger partial charge in [-0.25, -0.2) is 4.79 Å². The van der Waals surface area contributed by atoms with Crippen molar-refractivity contribution >= 4 is 34.8 Å². The van der Waals surface area contributed by atoms with Crippen LogP contribution in [-0.4, -0.2) is 30.6 Å². The highest BCUT2D eigenvalue weighted by Crippen LogP contribution is 2.18. The van der Waals surface area contributed by atoms with Crippen molar-refractivity contribution in [3.63, 3.8) is 0 Å². The fraction of sp³-hybridized carbons (Fsp3) is 0.118. The second-order valence-corrected chi connectivity index (χ2v) is 4.65. The number of carbonyl (C=O) groups excluding carboxylic acids is 2. The first kappa shape index (κ1) is 16.5. The summed E-state index contributed by atoms with van der Waals surface area (Å²) < 4.78 is 9.71. The molecule has 116 valence electrons. The fourth-order valence-corrected chi connectivity index (χ4v) is 1.92. The summed E-state index contributed by atoms with van der Waals surface area (Å²) in [6.45, 7) is -0.175. The maximum atomic E-state index is 12.4. The number of esters is 1. The minimum absolute atomic E-state index is 0.123. The van der Waals surface area contributed by atoms with Gasteiger partial charge in [-0.05, 0) is 60.7 Å². The van der Waals surface area contributed by atoms with Gasteiger partial charge in [0.05, 0.1) is 18.0 Å². The zero-order chi connectivity index (χ0) is 16.7. The molecule has 0 saturated heterocycles. The molecule has 0 heterocycles. The summed E-state index contributed by atoms with van der Waals surface area (Å²) in [6, 6.07) is 13.3. The van der Waals surface area contributed by atoms with Gasteiger partial charge in [-0.3, -0.25) is 4.79 Å². The van der Waals surface area contributed by atoms with Gasteiger partial charge in [0.15, 0.2) is 12.4 Å². The number of ether oxygens (including phenoxy) is 2. The third-order valence-electron chi connectivity index (χ3n) is 3.01. The second-order valence-electron chi connectivity index (χ2n) is 4.47. The second kappa shape index (κ2) is 7.98. The monoisotopic (exact) mass is 327 g/mol. The van der Waals surface area contributed by atoms with Crippen molar-refractivity contribution in [2.75, 3.05) is 13.7 Å². The van der Waals surface area contributed by atoms with E-state index < -0.39 is 5.97 Å². The molecule has 0 spiro atoms. The average molecular weight is 327 g/mol. The Kier molecular flexibility index (Phi) is 5.74. The third kappa shape index (κ3) is 4.57. The number of carbonyl (C=O) groups is 2. The van der Waals surface area contributed by atoms with Gasteiger partial charge in [0, 0.05) is 11.1 Å². The summed E-state index contributed by atoms with van der Waals surface area (Å²) in [5, 5.41) is 2.27. The summed E-state index contributed by atoms with van der Waals surface area (Å²) in [4.78, 5) is 27.2. The first-order chi connectivity index (χ1) is 11.1. The molecular weight excluding hydrogens is 314 g/mol. The van der Waals surface area contributed by atoms with E-state index in [0.717, 1.165) is 0 Å². The van der Waals surface area contributed by atoms with E-state index in [2.05, 4.69) is 27.1 Å². The number of aliphatic imine (C=N–C) groups is 1. The number of rotatable bonds is 6. The van der Waals surface area contributed by atoms with E-state index in [9.17, 15) is 9.59 Å². The number of benzene rings is 2. The maximum absolute atomic E-state index is 12.4. The van der Waals surface area contributed by atoms with Gasteiger partial charge in [0.25, 0.3) is 0 Å². The Hall–Kier alpha value is -2.82. The van der Waals surface area contributed by atoms with Gasteiger partial charge in [0.2, 0.25) is 0 Å². The van der Waals surface area contributed by atoms with E-state index in [0.29, 0.717) is 22.6 Å². The number of hydrogen-bond donors (Lipinski definition) is 0. The molecule has 2 aromatic rings. The topological polar surface area (TPSA) is 65.0 Å². The van der Waals surface area contributed by atoms with Crippen LogP contribution in [0.1, 0.15) is 15.9 Å². The van der Waals surface area contributed by atoms with Gasteiger partial charge in [-0.15, -0.1) is 0 Å². The van der Waals surface area contributed by atoms with E-state index in [4.69, 9.17) is 4.74 Å². The highest BCUT2D eigenvalue weighted by molar-refractivity contribution is 7.78. The summed E-state index contributed by atoms with van der Waals surface area (Å²) in [7, 11) is 1.29. The van der Waals surface area contributed by atoms with Crippen molar-refractivity contribution in [1.82, 2.24) is 0 Å². The van der Waals surface area contributed by atoms with Crippen LogP contribution in [0.4, 0.5) is 5.69 Å². The molecule has 2 rings (SSSR count). The summed E-state index contributed by atoms with van der Waals surface area (Å²) in [6.07, 6.45) is 0. The average Bonchev–Trinajstić information content (AvgIpc) is 2.60. The molecule has 5 nitrogen and oxygen atoms in total. The Balaban J connectivity index is 2.07. The fourth-order valence-electron chi connectivity index (χ4n) is 1.81. The molecule has 2 aromatic carbocycles. The molecule has 0 saturated carbocycles. The molecule has 0 fully saturated rings. The molecule has 0 aliphatic heterocycles. The molecule has 0 atom stereocenters. The molecule has 0 N–H and O–H groups in total. The number of hydrogen-bond acceptors (Lipinski definition) is 6. The molecular formula is C17H13NO4S. The third-order valence-corrected chi connectivity index (χ3v) is 3.10. The maximum Gasteiger partial charge on any atom is 0.343 e. The minimum atomic E-state index is -0.468. The van der Waals surface area contributed by atoms with Crippen molar-refractivity contribution in [2.24, 2.45) is 4.99 Å². The van der Waals surface area contributed by atoms with Crippen molar-refractivity contribution in [1.29, 1.82) is 0 Å². The SMILES string of the molecule is COC(=O)COc1ccc(C(=O)c2ccc(N=C=S)cc2)cc1. The van der Waals surface area contributed by atoms with Gasteiger partial charge in [-0.1, -0.05) is 0 Å². The van der Waals surface area contributed by atoms with Gasteiger partial charge < -0.3 is 9.47 Å². The van der Waals surface area contributed by atoms with Crippen molar-refractivity contribution in [3.05, 3.63) is 59.7 Å². The first-order valence-corrected chi connectivity index (χ1v) is 7.07. The van der Waals surface area contributed by atoms with Crippen molar-refractivity contribution < 1.29 is 19.1 Å². The first-order valence-electron chi connectivity index (χ1n) is 6.66. The predicted molar refractivity (Wildman–Crippen MR) is 88.5 cm³/mol. The highest BCUT2D eigenvalue weighted by atomic mass is 32.1. The number of methoxy groups -OCH3 is 1. The quantitative estimate of drug-likeness (QED) is 0.353. The van der Waals surface area contributed by atoms with Crippen molar-refractivity contribution in [3.8, 4) is 5.75 Å². The van der Waals surface area contributed by atoms with Crippen LogP contribution in [0.2, 0.25) is 0 Å². The summed E-state index contributed by atoms with van der Waals surface area (Å²) in [5.41, 5.74) is 1.70. The van der Waals surface area contributed by atoms with E-state index in [1.54, 1.807) is 48.5 Å². The van der Waals surface area contributed by atoms with Crippen LogP contribution in [-0.2, 0) is 9.53 Å². The van der Waals surface area contributed by atoms with Crippen LogP contribution in [0.15, 0.2) is 53.5 Å². The Morgan fingerprint density at radius 1 is 1.04 bits per heavy atom. The van der Waals surface area contributed by atoms with Crippen LogP contribution in [0, 0.1) is 0 Å². The molecule has 0 aliphatic carbocycles. The van der Waals surface area contributed by atoms with Gasteiger partial charge in [0.1, 0.15) is 5.75 Å². The summed E-state index contributed by atoms with van der Waals surface area (Å²) in [5.74, 6) is -0.107. The van der Waals surface area contributed by atoms with E-state index in [1.165, 1.54) is 7.11 Å². The highest BCUT2D eigenvalue weighted by Gasteiger charge is 2.09. The molecule has 0 bridgehead atoms. The van der Waals surface area contributed by atoms with Crippen LogP contribution >= 0.6 is 12.2 Å². The van der Waals surface area contributed by atoms with Crippen molar-refractivity contribution in [2.45, 2.75) is 0 Å². The zero-order valence-electron chi connectivity index (χ0n) is 12.3. The predicted octanol–water partition coefficient (Wildman–Crippen LogP) is 3.20. The Labute approximate surface area is 138 Å². The van der Waals surface area contributed by atoms with E-state index >= 15 is 0 Å². The standard InChI is InChI=1S/C17H13NO4S/c1-21-16(19)10-22-15-8-4-13(5-9-15)17(20)12-2-6-14(7-3-12)18-11-23/h2-9H,10H2,1H3. The Bertz CT molecular complexity index is 747. The van der Waals surface area contributed by atoms with Crippen LogP contribution in [0.5, 0.6) is 5.75 Å². The number of isothiocyanates is 1. The van der Waals surface area contributed by atoms with E-state index in [-0.39, 0.29) is 12.4 Å². The van der Waals surface area contributed by atoms with Crippen LogP contribution in [0.25, 0.3) is 0 Å². The normalized spacial score (nSPS) is 9.61. The molecule has 0 unspecified atom stereocenters. The lowest BCUT2D eigenvalue weighted by Crippen LogP contribution is -2.12. The Morgan fingerprint density at radius 3 is 2.13 bits per heavy atom. The zero-order valence-corrected chi connectivity index (χ0v) is 13.1. The molecule has 23 heavy (non-hydrogen) atoms. The van der Waals surface area contributed by atoms with Crippen LogP contribution < -0.4 is 4.74 Å². The Morgan fingerprint density at radius 2 is 1.61 bits per heavy atom. The molecule has 0 radical (unpaired) electrons. The lowest BCUT2D eigenvalue weighted by molar-refractivity contribution is -0.142. The number of nitrogens with zero attached hydrogens (tertiary/aromatic N) is 1. The minimum Gasteiger partial charge on any atom is -0.482 e. The lowest BCUT2D eigenvalue weighted by atomic mass is 10.0. The van der Waals surface area contributed by atoms with Gasteiger partial charge >= 0.3 is 5.97 Å².